The highest BCUT2D eigenvalue weighted by Gasteiger charge is 2.25. The first-order valence-electron chi connectivity index (χ1n) is 9.62. The Morgan fingerprint density at radius 3 is 2.42 bits per heavy atom. The maximum atomic E-state index is 13.1. The fourth-order valence-electron chi connectivity index (χ4n) is 3.99. The Morgan fingerprint density at radius 1 is 1.12 bits per heavy atom. The SMILES string of the molecule is [CH2]CC(c1cccc(N(C)C)c1)N1CCC(Cc2ccc(F)cc2)CC1. The molecule has 1 aliphatic rings. The normalized spacial score (nSPS) is 17.2. The van der Waals surface area contributed by atoms with Crippen LogP contribution in [0.3, 0.4) is 0 Å². The topological polar surface area (TPSA) is 6.48 Å². The Labute approximate surface area is 157 Å². The molecule has 0 saturated carbocycles. The van der Waals surface area contributed by atoms with Gasteiger partial charge in [-0.2, -0.15) is 0 Å². The van der Waals surface area contributed by atoms with Crippen molar-refractivity contribution in [3.63, 3.8) is 0 Å². The largest absolute Gasteiger partial charge is 0.378 e. The van der Waals surface area contributed by atoms with Gasteiger partial charge in [-0.1, -0.05) is 31.2 Å². The molecule has 0 aliphatic carbocycles. The molecule has 1 saturated heterocycles. The third-order valence-electron chi connectivity index (χ3n) is 5.57. The molecule has 1 heterocycles. The molecule has 1 fully saturated rings. The van der Waals surface area contributed by atoms with E-state index in [1.165, 1.54) is 29.7 Å². The van der Waals surface area contributed by atoms with E-state index >= 15 is 0 Å². The van der Waals surface area contributed by atoms with Crippen molar-refractivity contribution in [3.05, 3.63) is 72.4 Å². The molecule has 1 unspecified atom stereocenters. The van der Waals surface area contributed by atoms with Gasteiger partial charge in [0.05, 0.1) is 0 Å². The first kappa shape index (κ1) is 18.9. The van der Waals surface area contributed by atoms with Crippen LogP contribution >= 0.6 is 0 Å². The summed E-state index contributed by atoms with van der Waals surface area (Å²) in [5.74, 6) is 0.539. The number of benzene rings is 2. The number of nitrogens with zero attached hydrogens (tertiary/aromatic N) is 2. The van der Waals surface area contributed by atoms with Crippen molar-refractivity contribution in [1.82, 2.24) is 4.90 Å². The van der Waals surface area contributed by atoms with Crippen molar-refractivity contribution in [2.75, 3.05) is 32.1 Å². The van der Waals surface area contributed by atoms with Crippen LogP contribution in [0.2, 0.25) is 0 Å². The standard InChI is InChI=1S/C23H30FN2/c1-4-23(20-6-5-7-22(17-20)25(2)3)26-14-12-19(13-15-26)16-18-8-10-21(24)11-9-18/h5-11,17,19,23H,1,4,12-16H2,2-3H3. The fraction of sp³-hybridized carbons (Fsp3) is 0.435. The number of anilines is 1. The van der Waals surface area contributed by atoms with E-state index < -0.39 is 0 Å². The van der Waals surface area contributed by atoms with Crippen LogP contribution in [-0.4, -0.2) is 32.1 Å². The summed E-state index contributed by atoms with van der Waals surface area (Å²) >= 11 is 0. The lowest BCUT2D eigenvalue weighted by Gasteiger charge is -2.38. The lowest BCUT2D eigenvalue weighted by molar-refractivity contribution is 0.132. The molecule has 0 bridgehead atoms. The zero-order chi connectivity index (χ0) is 18.5. The van der Waals surface area contributed by atoms with Crippen molar-refractivity contribution < 1.29 is 4.39 Å². The second kappa shape index (κ2) is 8.68. The van der Waals surface area contributed by atoms with Gasteiger partial charge in [0.1, 0.15) is 5.82 Å². The van der Waals surface area contributed by atoms with E-state index in [2.05, 4.69) is 55.1 Å². The van der Waals surface area contributed by atoms with E-state index in [1.807, 2.05) is 12.1 Å². The maximum absolute atomic E-state index is 13.1. The highest BCUT2D eigenvalue weighted by molar-refractivity contribution is 5.47. The quantitative estimate of drug-likeness (QED) is 0.712. The summed E-state index contributed by atoms with van der Waals surface area (Å²) < 4.78 is 13.1. The summed E-state index contributed by atoms with van der Waals surface area (Å²) in [6, 6.07) is 16.2. The van der Waals surface area contributed by atoms with Crippen LogP contribution in [0.1, 0.15) is 36.4 Å². The Morgan fingerprint density at radius 2 is 1.81 bits per heavy atom. The first-order chi connectivity index (χ1) is 12.6. The Hall–Kier alpha value is -1.87. The maximum Gasteiger partial charge on any atom is 0.123 e. The summed E-state index contributed by atoms with van der Waals surface area (Å²) in [7, 11) is 4.17. The van der Waals surface area contributed by atoms with Gasteiger partial charge in [0.15, 0.2) is 0 Å². The monoisotopic (exact) mass is 353 g/mol. The zero-order valence-corrected chi connectivity index (χ0v) is 16.0. The van der Waals surface area contributed by atoms with Gasteiger partial charge in [-0.05, 0) is 80.1 Å². The van der Waals surface area contributed by atoms with Crippen molar-refractivity contribution >= 4 is 5.69 Å². The van der Waals surface area contributed by atoms with Crippen LogP contribution < -0.4 is 4.90 Å². The first-order valence-corrected chi connectivity index (χ1v) is 9.62. The molecule has 3 rings (SSSR count). The molecule has 0 aromatic heterocycles. The van der Waals surface area contributed by atoms with Gasteiger partial charge in [0, 0.05) is 25.8 Å². The van der Waals surface area contributed by atoms with Gasteiger partial charge in [-0.15, -0.1) is 0 Å². The molecule has 3 heteroatoms. The summed E-state index contributed by atoms with van der Waals surface area (Å²) in [6.07, 6.45) is 4.33. The van der Waals surface area contributed by atoms with Crippen molar-refractivity contribution in [3.8, 4) is 0 Å². The minimum absolute atomic E-state index is 0.151. The molecule has 0 N–H and O–H groups in total. The summed E-state index contributed by atoms with van der Waals surface area (Å²) in [5, 5.41) is 0. The molecular weight excluding hydrogens is 323 g/mol. The Bertz CT molecular complexity index is 688. The highest BCUT2D eigenvalue weighted by Crippen LogP contribution is 2.31. The number of halogens is 1. The molecule has 1 aliphatic heterocycles. The fourth-order valence-corrected chi connectivity index (χ4v) is 3.99. The van der Waals surface area contributed by atoms with Crippen LogP contribution in [0, 0.1) is 18.7 Å². The van der Waals surface area contributed by atoms with E-state index in [1.54, 1.807) is 12.1 Å². The van der Waals surface area contributed by atoms with Crippen LogP contribution in [0.4, 0.5) is 10.1 Å². The van der Waals surface area contributed by atoms with Crippen molar-refractivity contribution in [2.45, 2.75) is 31.7 Å². The molecule has 1 atom stereocenters. The van der Waals surface area contributed by atoms with E-state index in [0.29, 0.717) is 12.0 Å². The number of likely N-dealkylation sites (tertiary alicyclic amines) is 1. The van der Waals surface area contributed by atoms with Gasteiger partial charge in [-0.25, -0.2) is 4.39 Å². The summed E-state index contributed by atoms with van der Waals surface area (Å²) in [4.78, 5) is 4.74. The average Bonchev–Trinajstić information content (AvgIpc) is 2.66. The van der Waals surface area contributed by atoms with Crippen molar-refractivity contribution in [1.29, 1.82) is 0 Å². The lowest BCUT2D eigenvalue weighted by Crippen LogP contribution is -2.37. The van der Waals surface area contributed by atoms with Gasteiger partial charge in [0.2, 0.25) is 0 Å². The highest BCUT2D eigenvalue weighted by atomic mass is 19.1. The van der Waals surface area contributed by atoms with E-state index in [4.69, 9.17) is 0 Å². The minimum Gasteiger partial charge on any atom is -0.378 e. The van der Waals surface area contributed by atoms with Crippen LogP contribution in [0.5, 0.6) is 0 Å². The molecule has 2 aromatic carbocycles. The van der Waals surface area contributed by atoms with Gasteiger partial charge < -0.3 is 4.90 Å². The summed E-state index contributed by atoms with van der Waals surface area (Å²) in [6.45, 7) is 6.44. The smallest absolute Gasteiger partial charge is 0.123 e. The lowest BCUT2D eigenvalue weighted by atomic mass is 9.88. The van der Waals surface area contributed by atoms with E-state index in [9.17, 15) is 4.39 Å². The number of piperidine rings is 1. The summed E-state index contributed by atoms with van der Waals surface area (Å²) in [5.41, 5.74) is 3.85. The third kappa shape index (κ3) is 4.64. The van der Waals surface area contributed by atoms with Crippen LogP contribution in [0.15, 0.2) is 48.5 Å². The zero-order valence-electron chi connectivity index (χ0n) is 16.0. The molecule has 1 radical (unpaired) electrons. The van der Waals surface area contributed by atoms with E-state index in [-0.39, 0.29) is 5.82 Å². The minimum atomic E-state index is -0.151. The molecule has 0 amide bonds. The van der Waals surface area contributed by atoms with Crippen molar-refractivity contribution in [2.24, 2.45) is 5.92 Å². The molecule has 0 spiro atoms. The van der Waals surface area contributed by atoms with E-state index in [0.717, 1.165) is 25.9 Å². The van der Waals surface area contributed by atoms with Gasteiger partial charge >= 0.3 is 0 Å². The molecule has 2 nitrogen and oxygen atoms in total. The third-order valence-corrected chi connectivity index (χ3v) is 5.57. The van der Waals surface area contributed by atoms with Crippen LogP contribution in [0.25, 0.3) is 0 Å². The Balaban J connectivity index is 1.60. The van der Waals surface area contributed by atoms with Gasteiger partial charge in [-0.3, -0.25) is 4.90 Å². The average molecular weight is 354 g/mol. The number of rotatable bonds is 6. The second-order valence-electron chi connectivity index (χ2n) is 7.60. The molecule has 2 aromatic rings. The molecule has 26 heavy (non-hydrogen) atoms. The molecular formula is C23H30FN2. The Kier molecular flexibility index (Phi) is 6.31. The van der Waals surface area contributed by atoms with Crippen LogP contribution in [-0.2, 0) is 6.42 Å². The second-order valence-corrected chi connectivity index (χ2v) is 7.60. The predicted octanol–water partition coefficient (Wildman–Crippen LogP) is 5.11. The number of hydrogen-bond donors (Lipinski definition) is 0. The predicted molar refractivity (Wildman–Crippen MR) is 108 cm³/mol. The van der Waals surface area contributed by atoms with Gasteiger partial charge in [0.25, 0.3) is 0 Å². The number of hydrogen-bond acceptors (Lipinski definition) is 2. The molecule has 139 valence electrons.